The van der Waals surface area contributed by atoms with Crippen LogP contribution < -0.4 is 5.32 Å². The van der Waals surface area contributed by atoms with E-state index in [1.165, 1.54) is 30.0 Å². The molecule has 1 heterocycles. The number of fused-ring (bicyclic) bond motifs is 1. The molecular weight excluding hydrogens is 320 g/mol. The molecule has 1 atom stereocenters. The maximum Gasteiger partial charge on any atom is 0.270 e. The molecule has 6 nitrogen and oxygen atoms in total. The Morgan fingerprint density at radius 2 is 1.96 bits per heavy atom. The molecule has 0 aliphatic heterocycles. The van der Waals surface area contributed by atoms with Gasteiger partial charge in [-0.25, -0.2) is 0 Å². The zero-order valence-corrected chi connectivity index (χ0v) is 14.0. The maximum absolute atomic E-state index is 12.5. The lowest BCUT2D eigenvalue weighted by Gasteiger charge is -2.10. The molecule has 0 saturated heterocycles. The number of non-ortho nitro benzene ring substituents is 1. The summed E-state index contributed by atoms with van der Waals surface area (Å²) in [4.78, 5) is 22.9. The van der Waals surface area contributed by atoms with E-state index in [2.05, 4.69) is 19.2 Å². The topological polar surface area (TPSA) is 85.4 Å². The summed E-state index contributed by atoms with van der Waals surface area (Å²) < 4.78 is 5.32. The molecule has 6 heteroatoms. The summed E-state index contributed by atoms with van der Waals surface area (Å²) in [7, 11) is 0. The molecule has 0 unspecified atom stereocenters. The van der Waals surface area contributed by atoms with Gasteiger partial charge in [-0.1, -0.05) is 26.0 Å². The van der Waals surface area contributed by atoms with E-state index < -0.39 is 4.92 Å². The summed E-state index contributed by atoms with van der Waals surface area (Å²) in [6.45, 7) is 4.28. The van der Waals surface area contributed by atoms with Crippen molar-refractivity contribution in [2.75, 3.05) is 5.32 Å². The van der Waals surface area contributed by atoms with E-state index in [-0.39, 0.29) is 17.2 Å². The SMILES string of the molecule is CC[C@@H](C)c1ccc(NC(=O)c2coc3ccc([N+](=O)[O-])cc23)cc1. The van der Waals surface area contributed by atoms with Gasteiger partial charge in [-0.2, -0.15) is 0 Å². The number of hydrogen-bond donors (Lipinski definition) is 1. The predicted octanol–water partition coefficient (Wildman–Crippen LogP) is 5.11. The number of benzene rings is 2. The van der Waals surface area contributed by atoms with Crippen molar-refractivity contribution in [3.05, 3.63) is 70.0 Å². The van der Waals surface area contributed by atoms with E-state index in [1.54, 1.807) is 0 Å². The van der Waals surface area contributed by atoms with Crippen molar-refractivity contribution in [1.82, 2.24) is 0 Å². The number of carbonyl (C=O) groups is 1. The summed E-state index contributed by atoms with van der Waals surface area (Å²) in [6.07, 6.45) is 2.36. The van der Waals surface area contributed by atoms with Gasteiger partial charge in [0.15, 0.2) is 0 Å². The molecule has 0 spiro atoms. The van der Waals surface area contributed by atoms with Gasteiger partial charge in [0.25, 0.3) is 11.6 Å². The first-order chi connectivity index (χ1) is 12.0. The van der Waals surface area contributed by atoms with Gasteiger partial charge in [0.1, 0.15) is 11.8 Å². The number of rotatable bonds is 5. The van der Waals surface area contributed by atoms with Crippen LogP contribution in [0, 0.1) is 10.1 Å². The minimum absolute atomic E-state index is 0.0825. The first-order valence-electron chi connectivity index (χ1n) is 8.06. The molecule has 2 aromatic carbocycles. The molecular formula is C19H18N2O4. The number of anilines is 1. The van der Waals surface area contributed by atoms with Crippen LogP contribution in [0.4, 0.5) is 11.4 Å². The third kappa shape index (κ3) is 3.38. The Hall–Kier alpha value is -3.15. The smallest absolute Gasteiger partial charge is 0.270 e. The molecule has 1 aromatic heterocycles. The number of hydrogen-bond acceptors (Lipinski definition) is 4. The number of amides is 1. The lowest BCUT2D eigenvalue weighted by molar-refractivity contribution is -0.384. The first kappa shape index (κ1) is 16.7. The largest absolute Gasteiger partial charge is 0.463 e. The van der Waals surface area contributed by atoms with Crippen LogP contribution in [0.3, 0.4) is 0 Å². The minimum atomic E-state index is -0.498. The van der Waals surface area contributed by atoms with Crippen molar-refractivity contribution < 1.29 is 14.1 Å². The summed E-state index contributed by atoms with van der Waals surface area (Å²) in [5, 5.41) is 14.1. The van der Waals surface area contributed by atoms with Gasteiger partial charge in [-0.05, 0) is 36.1 Å². The average Bonchev–Trinajstić information content (AvgIpc) is 3.04. The van der Waals surface area contributed by atoms with Gasteiger partial charge in [0.2, 0.25) is 0 Å². The number of nitrogens with zero attached hydrogens (tertiary/aromatic N) is 1. The normalized spacial score (nSPS) is 12.1. The molecule has 1 amide bonds. The minimum Gasteiger partial charge on any atom is -0.463 e. The Morgan fingerprint density at radius 1 is 1.24 bits per heavy atom. The standard InChI is InChI=1S/C19H18N2O4/c1-3-12(2)13-4-6-14(7-5-13)20-19(22)17-11-25-18-9-8-15(21(23)24)10-16(17)18/h4-12H,3H2,1-2H3,(H,20,22)/t12-/m1/s1. The van der Waals surface area contributed by atoms with Crippen molar-refractivity contribution in [2.45, 2.75) is 26.2 Å². The van der Waals surface area contributed by atoms with Crippen LogP contribution in [0.15, 0.2) is 53.1 Å². The Bertz CT molecular complexity index is 928. The molecule has 128 valence electrons. The highest BCUT2D eigenvalue weighted by Crippen LogP contribution is 2.27. The molecule has 0 bridgehead atoms. The number of furan rings is 1. The van der Waals surface area contributed by atoms with Crippen LogP contribution in [0.5, 0.6) is 0 Å². The third-order valence-electron chi connectivity index (χ3n) is 4.36. The van der Waals surface area contributed by atoms with Crippen LogP contribution >= 0.6 is 0 Å². The highest BCUT2D eigenvalue weighted by molar-refractivity contribution is 6.12. The number of nitro groups is 1. The fraction of sp³-hybridized carbons (Fsp3) is 0.211. The van der Waals surface area contributed by atoms with Gasteiger partial charge >= 0.3 is 0 Å². The van der Waals surface area contributed by atoms with Crippen molar-refractivity contribution in [3.63, 3.8) is 0 Å². The quantitative estimate of drug-likeness (QED) is 0.517. The van der Waals surface area contributed by atoms with Gasteiger partial charge in [0, 0.05) is 23.2 Å². The fourth-order valence-corrected chi connectivity index (χ4v) is 2.64. The first-order valence-corrected chi connectivity index (χ1v) is 8.06. The van der Waals surface area contributed by atoms with Gasteiger partial charge in [-0.15, -0.1) is 0 Å². The van der Waals surface area contributed by atoms with E-state index in [4.69, 9.17) is 4.42 Å². The van der Waals surface area contributed by atoms with Crippen LogP contribution in [0.2, 0.25) is 0 Å². The number of nitrogens with one attached hydrogen (secondary N) is 1. The van der Waals surface area contributed by atoms with Crippen molar-refractivity contribution >= 4 is 28.3 Å². The molecule has 0 fully saturated rings. The molecule has 3 rings (SSSR count). The second-order valence-corrected chi connectivity index (χ2v) is 5.97. The highest BCUT2D eigenvalue weighted by atomic mass is 16.6. The maximum atomic E-state index is 12.5. The van der Waals surface area contributed by atoms with Crippen LogP contribution in [-0.4, -0.2) is 10.8 Å². The van der Waals surface area contributed by atoms with E-state index in [9.17, 15) is 14.9 Å². The lowest BCUT2D eigenvalue weighted by atomic mass is 9.98. The molecule has 0 aliphatic carbocycles. The summed E-state index contributed by atoms with van der Waals surface area (Å²) >= 11 is 0. The van der Waals surface area contributed by atoms with Crippen LogP contribution in [0.25, 0.3) is 11.0 Å². The molecule has 1 N–H and O–H groups in total. The number of nitro benzene ring substituents is 1. The summed E-state index contributed by atoms with van der Waals surface area (Å²) in [6, 6.07) is 11.9. The van der Waals surface area contributed by atoms with Gasteiger partial charge < -0.3 is 9.73 Å². The Labute approximate surface area is 144 Å². The average molecular weight is 338 g/mol. The molecule has 0 aliphatic rings. The van der Waals surface area contributed by atoms with Crippen molar-refractivity contribution in [1.29, 1.82) is 0 Å². The Kier molecular flexibility index (Phi) is 4.52. The summed E-state index contributed by atoms with van der Waals surface area (Å²) in [5.74, 6) is 0.0960. The second-order valence-electron chi connectivity index (χ2n) is 5.97. The molecule has 3 aromatic rings. The molecule has 0 saturated carbocycles. The summed E-state index contributed by atoms with van der Waals surface area (Å²) in [5.41, 5.74) is 2.50. The Balaban J connectivity index is 1.85. The van der Waals surface area contributed by atoms with Gasteiger partial charge in [0.05, 0.1) is 10.5 Å². The monoisotopic (exact) mass is 338 g/mol. The van der Waals surface area contributed by atoms with Crippen molar-refractivity contribution in [3.8, 4) is 0 Å². The van der Waals surface area contributed by atoms with E-state index in [1.807, 2.05) is 24.3 Å². The fourth-order valence-electron chi connectivity index (χ4n) is 2.64. The lowest BCUT2D eigenvalue weighted by Crippen LogP contribution is -2.11. The second kappa shape index (κ2) is 6.76. The van der Waals surface area contributed by atoms with E-state index >= 15 is 0 Å². The number of carbonyl (C=O) groups excluding carboxylic acids is 1. The molecule has 0 radical (unpaired) electrons. The Morgan fingerprint density at radius 3 is 2.60 bits per heavy atom. The van der Waals surface area contributed by atoms with Crippen molar-refractivity contribution in [2.24, 2.45) is 0 Å². The van der Waals surface area contributed by atoms with Crippen LogP contribution in [-0.2, 0) is 0 Å². The van der Waals surface area contributed by atoms with E-state index in [0.717, 1.165) is 6.42 Å². The zero-order valence-electron chi connectivity index (χ0n) is 14.0. The van der Waals surface area contributed by atoms with E-state index in [0.29, 0.717) is 22.6 Å². The highest BCUT2D eigenvalue weighted by Gasteiger charge is 2.17. The molecule has 25 heavy (non-hydrogen) atoms. The van der Waals surface area contributed by atoms with Gasteiger partial charge in [-0.3, -0.25) is 14.9 Å². The van der Waals surface area contributed by atoms with Crippen LogP contribution in [0.1, 0.15) is 42.1 Å². The third-order valence-corrected chi connectivity index (χ3v) is 4.36. The predicted molar refractivity (Wildman–Crippen MR) is 96.0 cm³/mol. The zero-order chi connectivity index (χ0) is 18.0.